The summed E-state index contributed by atoms with van der Waals surface area (Å²) in [4.78, 5) is 4.64. The molecule has 0 saturated carbocycles. The summed E-state index contributed by atoms with van der Waals surface area (Å²) < 4.78 is 2.02. The van der Waals surface area contributed by atoms with Crippen LogP contribution in [0.25, 0.3) is 22.4 Å². The molecule has 0 radical (unpaired) electrons. The lowest BCUT2D eigenvalue weighted by molar-refractivity contribution is 0.959. The SMILES string of the molecule is Cn1c(-c2ccc(CCl)cc2)nc2cccc(Cl)c21. The number of fused-ring (bicyclic) bond motifs is 1. The molecule has 3 aromatic rings. The molecule has 0 amide bonds. The summed E-state index contributed by atoms with van der Waals surface area (Å²) in [5.41, 5.74) is 4.03. The van der Waals surface area contributed by atoms with E-state index < -0.39 is 0 Å². The van der Waals surface area contributed by atoms with E-state index in [9.17, 15) is 0 Å². The number of benzene rings is 2. The topological polar surface area (TPSA) is 17.8 Å². The zero-order chi connectivity index (χ0) is 13.4. The first kappa shape index (κ1) is 12.5. The minimum atomic E-state index is 0.522. The molecule has 0 saturated heterocycles. The fourth-order valence-corrected chi connectivity index (χ4v) is 2.70. The summed E-state index contributed by atoms with van der Waals surface area (Å²) in [7, 11) is 1.98. The molecule has 96 valence electrons. The van der Waals surface area contributed by atoms with Crippen molar-refractivity contribution in [3.05, 3.63) is 53.1 Å². The van der Waals surface area contributed by atoms with Gasteiger partial charge in [-0.3, -0.25) is 0 Å². The molecule has 0 bridgehead atoms. The van der Waals surface area contributed by atoms with Crippen LogP contribution < -0.4 is 0 Å². The van der Waals surface area contributed by atoms with E-state index in [-0.39, 0.29) is 0 Å². The highest BCUT2D eigenvalue weighted by Gasteiger charge is 2.11. The highest BCUT2D eigenvalue weighted by Crippen LogP contribution is 2.28. The van der Waals surface area contributed by atoms with Gasteiger partial charge in [0.2, 0.25) is 0 Å². The first-order chi connectivity index (χ1) is 9.20. The molecule has 3 rings (SSSR count). The Morgan fingerprint density at radius 1 is 1.11 bits per heavy atom. The Balaban J connectivity index is 2.19. The van der Waals surface area contributed by atoms with E-state index in [1.807, 2.05) is 54.1 Å². The fraction of sp³-hybridized carbons (Fsp3) is 0.133. The molecule has 2 nitrogen and oxygen atoms in total. The number of nitrogens with zero attached hydrogens (tertiary/aromatic N) is 2. The Bertz CT molecular complexity index is 730. The van der Waals surface area contributed by atoms with Crippen LogP contribution in [0.5, 0.6) is 0 Å². The van der Waals surface area contributed by atoms with Gasteiger partial charge in [-0.15, -0.1) is 11.6 Å². The number of aryl methyl sites for hydroxylation is 1. The number of hydrogen-bond donors (Lipinski definition) is 0. The van der Waals surface area contributed by atoms with E-state index >= 15 is 0 Å². The maximum Gasteiger partial charge on any atom is 0.140 e. The zero-order valence-electron chi connectivity index (χ0n) is 10.4. The van der Waals surface area contributed by atoms with Gasteiger partial charge in [0, 0.05) is 18.5 Å². The molecular weight excluding hydrogens is 279 g/mol. The van der Waals surface area contributed by atoms with Crippen LogP contribution in [0, 0.1) is 0 Å². The number of imidazole rings is 1. The summed E-state index contributed by atoms with van der Waals surface area (Å²) in [5, 5.41) is 0.719. The predicted octanol–water partition coefficient (Wildman–Crippen LogP) is 4.63. The van der Waals surface area contributed by atoms with Crippen LogP contribution in [0.2, 0.25) is 5.02 Å². The normalized spacial score (nSPS) is 11.1. The third-order valence-electron chi connectivity index (χ3n) is 3.21. The lowest BCUT2D eigenvalue weighted by Crippen LogP contribution is -1.93. The van der Waals surface area contributed by atoms with Crippen molar-refractivity contribution < 1.29 is 0 Å². The van der Waals surface area contributed by atoms with E-state index in [4.69, 9.17) is 23.2 Å². The summed E-state index contributed by atoms with van der Waals surface area (Å²) >= 11 is 12.0. The van der Waals surface area contributed by atoms with E-state index in [0.29, 0.717) is 5.88 Å². The lowest BCUT2D eigenvalue weighted by atomic mass is 10.1. The summed E-state index contributed by atoms with van der Waals surface area (Å²) in [6.07, 6.45) is 0. The minimum Gasteiger partial charge on any atom is -0.326 e. The summed E-state index contributed by atoms with van der Waals surface area (Å²) in [6, 6.07) is 13.9. The van der Waals surface area contributed by atoms with Gasteiger partial charge in [0.05, 0.1) is 16.1 Å². The number of para-hydroxylation sites is 1. The van der Waals surface area contributed by atoms with Gasteiger partial charge in [-0.1, -0.05) is 41.9 Å². The minimum absolute atomic E-state index is 0.522. The number of alkyl halides is 1. The molecule has 0 atom stereocenters. The maximum absolute atomic E-state index is 6.23. The van der Waals surface area contributed by atoms with Crippen molar-refractivity contribution in [1.82, 2.24) is 9.55 Å². The van der Waals surface area contributed by atoms with Crippen molar-refractivity contribution in [2.24, 2.45) is 7.05 Å². The molecule has 4 heteroatoms. The largest absolute Gasteiger partial charge is 0.326 e. The standard InChI is InChI=1S/C15H12Cl2N2/c1-19-14-12(17)3-2-4-13(14)18-15(19)11-7-5-10(9-16)6-8-11/h2-8H,9H2,1H3. The quantitative estimate of drug-likeness (QED) is 0.629. The molecule has 0 fully saturated rings. The Morgan fingerprint density at radius 3 is 2.47 bits per heavy atom. The molecule has 0 aliphatic heterocycles. The Hall–Kier alpha value is -1.51. The molecule has 0 unspecified atom stereocenters. The van der Waals surface area contributed by atoms with Crippen molar-refractivity contribution in [3.8, 4) is 11.4 Å². The second-order valence-corrected chi connectivity index (χ2v) is 5.11. The van der Waals surface area contributed by atoms with E-state index in [2.05, 4.69) is 4.98 Å². The zero-order valence-corrected chi connectivity index (χ0v) is 11.9. The molecule has 0 aliphatic carbocycles. The average molecular weight is 291 g/mol. The van der Waals surface area contributed by atoms with Gasteiger partial charge in [0.15, 0.2) is 0 Å². The molecule has 1 aromatic heterocycles. The van der Waals surface area contributed by atoms with Crippen molar-refractivity contribution in [3.63, 3.8) is 0 Å². The van der Waals surface area contributed by atoms with Gasteiger partial charge in [0.1, 0.15) is 5.82 Å². The van der Waals surface area contributed by atoms with E-state index in [1.165, 1.54) is 0 Å². The molecule has 0 spiro atoms. The first-order valence-electron chi connectivity index (χ1n) is 5.97. The van der Waals surface area contributed by atoms with Crippen LogP contribution in [-0.4, -0.2) is 9.55 Å². The fourth-order valence-electron chi connectivity index (χ4n) is 2.22. The van der Waals surface area contributed by atoms with Crippen LogP contribution in [0.15, 0.2) is 42.5 Å². The Kier molecular flexibility index (Phi) is 3.21. The van der Waals surface area contributed by atoms with Gasteiger partial charge >= 0.3 is 0 Å². The average Bonchev–Trinajstić information content (AvgIpc) is 2.78. The van der Waals surface area contributed by atoms with Gasteiger partial charge in [0.25, 0.3) is 0 Å². The third-order valence-corrected chi connectivity index (χ3v) is 3.82. The van der Waals surface area contributed by atoms with Crippen LogP contribution in [0.4, 0.5) is 0 Å². The Morgan fingerprint density at radius 2 is 1.84 bits per heavy atom. The summed E-state index contributed by atoms with van der Waals surface area (Å²) in [5.74, 6) is 1.43. The van der Waals surface area contributed by atoms with Crippen molar-refractivity contribution in [2.75, 3.05) is 0 Å². The molecular formula is C15H12Cl2N2. The first-order valence-corrected chi connectivity index (χ1v) is 6.88. The van der Waals surface area contributed by atoms with Crippen LogP contribution in [0.1, 0.15) is 5.56 Å². The number of rotatable bonds is 2. The van der Waals surface area contributed by atoms with Crippen LogP contribution in [-0.2, 0) is 12.9 Å². The molecule has 19 heavy (non-hydrogen) atoms. The molecule has 0 N–H and O–H groups in total. The third kappa shape index (κ3) is 2.11. The van der Waals surface area contributed by atoms with Gasteiger partial charge < -0.3 is 4.57 Å². The van der Waals surface area contributed by atoms with E-state index in [0.717, 1.165) is 33.0 Å². The number of hydrogen-bond acceptors (Lipinski definition) is 1. The maximum atomic E-state index is 6.23. The second-order valence-electron chi connectivity index (χ2n) is 4.43. The van der Waals surface area contributed by atoms with Crippen molar-refractivity contribution in [2.45, 2.75) is 5.88 Å². The number of aromatic nitrogens is 2. The van der Waals surface area contributed by atoms with Crippen molar-refractivity contribution in [1.29, 1.82) is 0 Å². The van der Waals surface area contributed by atoms with Crippen LogP contribution in [0.3, 0.4) is 0 Å². The van der Waals surface area contributed by atoms with Crippen LogP contribution >= 0.6 is 23.2 Å². The van der Waals surface area contributed by atoms with E-state index in [1.54, 1.807) is 0 Å². The summed E-state index contributed by atoms with van der Waals surface area (Å²) in [6.45, 7) is 0. The Labute approximate surface area is 121 Å². The van der Waals surface area contributed by atoms with Gasteiger partial charge in [-0.2, -0.15) is 0 Å². The molecule has 0 aliphatic rings. The number of halogens is 2. The predicted molar refractivity (Wildman–Crippen MR) is 80.7 cm³/mol. The lowest BCUT2D eigenvalue weighted by Gasteiger charge is -2.04. The molecule has 1 heterocycles. The monoisotopic (exact) mass is 290 g/mol. The van der Waals surface area contributed by atoms with Gasteiger partial charge in [-0.25, -0.2) is 4.98 Å². The second kappa shape index (κ2) is 4.87. The highest BCUT2D eigenvalue weighted by molar-refractivity contribution is 6.35. The smallest absolute Gasteiger partial charge is 0.140 e. The highest BCUT2D eigenvalue weighted by atomic mass is 35.5. The van der Waals surface area contributed by atoms with Crippen molar-refractivity contribution >= 4 is 34.2 Å². The molecule has 2 aromatic carbocycles. The van der Waals surface area contributed by atoms with Gasteiger partial charge in [-0.05, 0) is 17.7 Å².